The number of benzene rings is 1. The molecule has 0 fully saturated rings. The van der Waals surface area contributed by atoms with Crippen molar-refractivity contribution in [3.63, 3.8) is 0 Å². The zero-order chi connectivity index (χ0) is 19.1. The molecule has 7 heteroatoms. The van der Waals surface area contributed by atoms with Crippen LogP contribution in [0.3, 0.4) is 0 Å². The van der Waals surface area contributed by atoms with Crippen molar-refractivity contribution >= 4 is 23.4 Å². The quantitative estimate of drug-likeness (QED) is 0.738. The lowest BCUT2D eigenvalue weighted by molar-refractivity contribution is -0.139. The number of aliphatic hydroxyl groups excluding tert-OH is 1. The van der Waals surface area contributed by atoms with Gasteiger partial charge >= 0.3 is 0 Å². The van der Waals surface area contributed by atoms with Gasteiger partial charge in [-0.15, -0.1) is 0 Å². The molecule has 0 aliphatic carbocycles. The number of halogens is 1. The van der Waals surface area contributed by atoms with E-state index >= 15 is 0 Å². The summed E-state index contributed by atoms with van der Waals surface area (Å²) in [5, 5.41) is 13.2. The SMILES string of the molecule is C[C@H](O)C[C@@H](C(=O)NCc1ccc(Cl)cc1)N(C)C(=O)Cc1ccco1. The lowest BCUT2D eigenvalue weighted by Gasteiger charge is -2.28. The zero-order valence-corrected chi connectivity index (χ0v) is 15.6. The second-order valence-corrected chi connectivity index (χ2v) is 6.64. The first-order valence-electron chi connectivity index (χ1n) is 8.35. The number of aliphatic hydroxyl groups is 1. The molecule has 1 aromatic carbocycles. The molecule has 2 aromatic rings. The van der Waals surface area contributed by atoms with E-state index in [0.717, 1.165) is 5.56 Å². The molecule has 2 amide bonds. The highest BCUT2D eigenvalue weighted by Crippen LogP contribution is 2.12. The van der Waals surface area contributed by atoms with Crippen molar-refractivity contribution < 1.29 is 19.1 Å². The second kappa shape index (κ2) is 9.40. The summed E-state index contributed by atoms with van der Waals surface area (Å²) < 4.78 is 5.18. The van der Waals surface area contributed by atoms with Crippen LogP contribution >= 0.6 is 11.6 Å². The van der Waals surface area contributed by atoms with Gasteiger partial charge < -0.3 is 19.7 Å². The van der Waals surface area contributed by atoms with Crippen molar-refractivity contribution in [1.29, 1.82) is 0 Å². The van der Waals surface area contributed by atoms with Crippen molar-refractivity contribution in [2.75, 3.05) is 7.05 Å². The van der Waals surface area contributed by atoms with E-state index < -0.39 is 12.1 Å². The van der Waals surface area contributed by atoms with Crippen LogP contribution in [-0.4, -0.2) is 41.0 Å². The van der Waals surface area contributed by atoms with Crippen LogP contribution < -0.4 is 5.32 Å². The standard InChI is InChI=1S/C19H23ClN2O4/c1-13(23)10-17(22(2)18(24)11-16-4-3-9-26-16)19(25)21-12-14-5-7-15(20)8-6-14/h3-9,13,17,23H,10-12H2,1-2H3,(H,21,25)/t13-,17-/m0/s1. The van der Waals surface area contributed by atoms with Gasteiger partial charge in [-0.1, -0.05) is 23.7 Å². The first kappa shape index (κ1) is 20.0. The lowest BCUT2D eigenvalue weighted by atomic mass is 10.1. The number of nitrogens with zero attached hydrogens (tertiary/aromatic N) is 1. The maximum Gasteiger partial charge on any atom is 0.243 e. The van der Waals surface area contributed by atoms with E-state index in [1.54, 1.807) is 38.2 Å². The summed E-state index contributed by atoms with van der Waals surface area (Å²) in [7, 11) is 1.56. The van der Waals surface area contributed by atoms with Gasteiger partial charge in [0, 0.05) is 25.0 Å². The molecule has 6 nitrogen and oxygen atoms in total. The van der Waals surface area contributed by atoms with Gasteiger partial charge in [0.1, 0.15) is 11.8 Å². The molecule has 0 unspecified atom stereocenters. The molecular weight excluding hydrogens is 356 g/mol. The number of rotatable bonds is 8. The number of furan rings is 1. The Bertz CT molecular complexity index is 714. The van der Waals surface area contributed by atoms with Gasteiger partial charge in [0.2, 0.25) is 11.8 Å². The molecule has 0 radical (unpaired) electrons. The number of carbonyl (C=O) groups is 2. The molecule has 0 saturated heterocycles. The van der Waals surface area contributed by atoms with Crippen LogP contribution in [-0.2, 0) is 22.6 Å². The number of nitrogens with one attached hydrogen (secondary N) is 1. The summed E-state index contributed by atoms with van der Waals surface area (Å²) in [4.78, 5) is 26.4. The van der Waals surface area contributed by atoms with Crippen LogP contribution in [0.2, 0.25) is 5.02 Å². The van der Waals surface area contributed by atoms with Crippen LogP contribution in [0.15, 0.2) is 47.1 Å². The maximum atomic E-state index is 12.6. The van der Waals surface area contributed by atoms with Gasteiger partial charge in [0.05, 0.1) is 18.8 Å². The fourth-order valence-corrected chi connectivity index (χ4v) is 2.66. The topological polar surface area (TPSA) is 82.8 Å². The summed E-state index contributed by atoms with van der Waals surface area (Å²) in [6.07, 6.45) is 0.978. The molecule has 0 saturated carbocycles. The summed E-state index contributed by atoms with van der Waals surface area (Å²) in [6.45, 7) is 1.90. The van der Waals surface area contributed by atoms with Crippen LogP contribution in [0, 0.1) is 0 Å². The average molecular weight is 379 g/mol. The normalized spacial score (nSPS) is 13.1. The summed E-state index contributed by atoms with van der Waals surface area (Å²) in [6, 6.07) is 9.76. The number of hydrogen-bond donors (Lipinski definition) is 2. The summed E-state index contributed by atoms with van der Waals surface area (Å²) in [5.74, 6) is -0.0531. The Kier molecular flexibility index (Phi) is 7.24. The minimum Gasteiger partial charge on any atom is -0.469 e. The van der Waals surface area contributed by atoms with Crippen molar-refractivity contribution in [2.24, 2.45) is 0 Å². The summed E-state index contributed by atoms with van der Waals surface area (Å²) in [5.41, 5.74) is 0.892. The minimum atomic E-state index is -0.773. The minimum absolute atomic E-state index is 0.0598. The largest absolute Gasteiger partial charge is 0.469 e. The molecule has 26 heavy (non-hydrogen) atoms. The van der Waals surface area contributed by atoms with Gasteiger partial charge in [-0.2, -0.15) is 0 Å². The number of hydrogen-bond acceptors (Lipinski definition) is 4. The predicted molar refractivity (Wildman–Crippen MR) is 98.6 cm³/mol. The molecule has 1 aromatic heterocycles. The molecule has 0 spiro atoms. The van der Waals surface area contributed by atoms with Crippen molar-refractivity contribution in [3.8, 4) is 0 Å². The highest BCUT2D eigenvalue weighted by atomic mass is 35.5. The lowest BCUT2D eigenvalue weighted by Crippen LogP contribution is -2.49. The fourth-order valence-electron chi connectivity index (χ4n) is 2.53. The third-order valence-corrected chi connectivity index (χ3v) is 4.27. The highest BCUT2D eigenvalue weighted by Gasteiger charge is 2.28. The molecule has 0 aliphatic heterocycles. The van der Waals surface area contributed by atoms with E-state index in [1.165, 1.54) is 11.2 Å². The van der Waals surface area contributed by atoms with Gasteiger partial charge in [-0.25, -0.2) is 0 Å². The third kappa shape index (κ3) is 5.89. The van der Waals surface area contributed by atoms with E-state index in [0.29, 0.717) is 17.3 Å². The Morgan fingerprint density at radius 3 is 2.54 bits per heavy atom. The van der Waals surface area contributed by atoms with E-state index in [-0.39, 0.29) is 24.7 Å². The van der Waals surface area contributed by atoms with Gasteiger partial charge in [-0.05, 0) is 36.8 Å². The Morgan fingerprint density at radius 1 is 1.27 bits per heavy atom. The van der Waals surface area contributed by atoms with E-state index in [2.05, 4.69) is 5.32 Å². The zero-order valence-electron chi connectivity index (χ0n) is 14.8. The fraction of sp³-hybridized carbons (Fsp3) is 0.368. The van der Waals surface area contributed by atoms with Gasteiger partial charge in [0.25, 0.3) is 0 Å². The van der Waals surface area contributed by atoms with Gasteiger partial charge in [-0.3, -0.25) is 9.59 Å². The first-order valence-corrected chi connectivity index (χ1v) is 8.73. The molecule has 2 rings (SSSR count). The van der Waals surface area contributed by atoms with Gasteiger partial charge in [0.15, 0.2) is 0 Å². The van der Waals surface area contributed by atoms with Crippen molar-refractivity contribution in [1.82, 2.24) is 10.2 Å². The molecule has 2 atom stereocenters. The van der Waals surface area contributed by atoms with E-state index in [4.69, 9.17) is 16.0 Å². The van der Waals surface area contributed by atoms with E-state index in [1.807, 2.05) is 12.1 Å². The van der Waals surface area contributed by atoms with E-state index in [9.17, 15) is 14.7 Å². The van der Waals surface area contributed by atoms with Crippen LogP contribution in [0.25, 0.3) is 0 Å². The molecule has 140 valence electrons. The van der Waals surface area contributed by atoms with Crippen LogP contribution in [0.1, 0.15) is 24.7 Å². The van der Waals surface area contributed by atoms with Crippen LogP contribution in [0.4, 0.5) is 0 Å². The molecule has 1 heterocycles. The first-order chi connectivity index (χ1) is 12.4. The van der Waals surface area contributed by atoms with Crippen molar-refractivity contribution in [2.45, 2.75) is 38.5 Å². The second-order valence-electron chi connectivity index (χ2n) is 6.21. The Morgan fingerprint density at radius 2 is 1.96 bits per heavy atom. The number of likely N-dealkylation sites (N-methyl/N-ethyl adjacent to an activating group) is 1. The third-order valence-electron chi connectivity index (χ3n) is 4.01. The Labute approximate surface area is 157 Å². The Hall–Kier alpha value is -2.31. The molecular formula is C19H23ClN2O4. The molecule has 0 aliphatic rings. The van der Waals surface area contributed by atoms with Crippen molar-refractivity contribution in [3.05, 3.63) is 59.0 Å². The molecule has 2 N–H and O–H groups in total. The maximum absolute atomic E-state index is 12.6. The monoisotopic (exact) mass is 378 g/mol. The number of amides is 2. The van der Waals surface area contributed by atoms with Crippen LogP contribution in [0.5, 0.6) is 0 Å². The summed E-state index contributed by atoms with van der Waals surface area (Å²) >= 11 is 5.85. The Balaban J connectivity index is 2.00. The highest BCUT2D eigenvalue weighted by molar-refractivity contribution is 6.30. The smallest absolute Gasteiger partial charge is 0.243 e. The number of carbonyl (C=O) groups excluding carboxylic acids is 2. The molecule has 0 bridgehead atoms. The predicted octanol–water partition coefficient (Wildman–Crippen LogP) is 2.39. The average Bonchev–Trinajstić information content (AvgIpc) is 3.11.